The maximum Gasteiger partial charge on any atom is 0.356 e. The third-order valence-corrected chi connectivity index (χ3v) is 9.89. The lowest BCUT2D eigenvalue weighted by Crippen LogP contribution is -2.69. The van der Waals surface area contributed by atoms with Crippen molar-refractivity contribution in [2.75, 3.05) is 13.7 Å². The average molecular weight is 793 g/mol. The quantitative estimate of drug-likeness (QED) is 0.0837. The first-order valence-corrected chi connectivity index (χ1v) is 19.0. The van der Waals surface area contributed by atoms with Gasteiger partial charge in [-0.25, -0.2) is 8.78 Å². The summed E-state index contributed by atoms with van der Waals surface area (Å²) < 4.78 is 74.8. The zero-order chi connectivity index (χ0) is 40.3. The Hall–Kier alpha value is -5.47. The Kier molecular flexibility index (Phi) is 13.6. The van der Waals surface area contributed by atoms with Gasteiger partial charge < -0.3 is 38.3 Å². The van der Waals surface area contributed by atoms with Crippen molar-refractivity contribution in [2.24, 2.45) is 0 Å². The number of methoxy groups -OCH3 is 1. The molecule has 0 unspecified atom stereocenters. The topological polar surface area (TPSA) is 114 Å². The van der Waals surface area contributed by atoms with Crippen LogP contribution >= 0.6 is 0 Å². The summed E-state index contributed by atoms with van der Waals surface area (Å²) in [6, 6.07) is 40.5. The molecule has 6 aromatic rings. The molecular weight excluding hydrogens is 747 g/mol. The molecule has 1 aliphatic heterocycles. The number of rotatable bonds is 18. The van der Waals surface area contributed by atoms with Crippen LogP contribution in [0.5, 0.6) is 11.6 Å². The van der Waals surface area contributed by atoms with Gasteiger partial charge in [0.1, 0.15) is 35.7 Å². The van der Waals surface area contributed by atoms with Gasteiger partial charge in [0, 0.05) is 35.4 Å². The van der Waals surface area contributed by atoms with E-state index in [4.69, 9.17) is 33.2 Å². The molecule has 5 atom stereocenters. The van der Waals surface area contributed by atoms with E-state index in [2.05, 4.69) is 10.2 Å². The van der Waals surface area contributed by atoms with Crippen LogP contribution in [0.3, 0.4) is 0 Å². The highest BCUT2D eigenvalue weighted by Crippen LogP contribution is 2.39. The van der Waals surface area contributed by atoms with E-state index in [0.717, 1.165) is 34.4 Å². The molecular formula is C46H46F2N2O8. The van der Waals surface area contributed by atoms with Crippen molar-refractivity contribution in [1.29, 1.82) is 0 Å². The lowest BCUT2D eigenvalue weighted by molar-refractivity contribution is -0.436. The molecule has 1 aliphatic rings. The maximum absolute atomic E-state index is 15.3. The van der Waals surface area contributed by atoms with Gasteiger partial charge in [-0.3, -0.25) is 5.10 Å². The number of hydrogen-bond acceptors (Lipinski definition) is 9. The molecule has 7 rings (SSSR count). The number of aryl methyl sites for hydroxylation is 1. The first-order chi connectivity index (χ1) is 28.3. The second-order valence-corrected chi connectivity index (χ2v) is 14.0. The van der Waals surface area contributed by atoms with Crippen LogP contribution in [0.1, 0.15) is 39.1 Å². The van der Waals surface area contributed by atoms with E-state index >= 15 is 8.78 Å². The van der Waals surface area contributed by atoms with Crippen LogP contribution in [0.4, 0.5) is 8.78 Å². The van der Waals surface area contributed by atoms with Crippen LogP contribution < -0.4 is 9.47 Å². The highest BCUT2D eigenvalue weighted by atomic mass is 19.1. The van der Waals surface area contributed by atoms with Crippen molar-refractivity contribution in [3.8, 4) is 11.6 Å². The Labute approximate surface area is 336 Å². The van der Waals surface area contributed by atoms with Gasteiger partial charge in [-0.1, -0.05) is 121 Å². The van der Waals surface area contributed by atoms with Gasteiger partial charge in [0.2, 0.25) is 5.88 Å². The van der Waals surface area contributed by atoms with E-state index in [9.17, 15) is 5.11 Å². The molecule has 302 valence electrons. The number of nitrogens with one attached hydrogen (secondary N) is 1. The Bertz CT molecular complexity index is 2160. The highest BCUT2D eigenvalue weighted by molar-refractivity contribution is 5.39. The van der Waals surface area contributed by atoms with E-state index in [1.807, 2.05) is 121 Å². The van der Waals surface area contributed by atoms with Gasteiger partial charge in [0.05, 0.1) is 40.1 Å². The predicted octanol–water partition coefficient (Wildman–Crippen LogP) is 7.99. The lowest BCUT2D eigenvalue weighted by atomic mass is 9.96. The molecule has 0 spiro atoms. The number of halogens is 2. The minimum Gasteiger partial charge on any atom is -0.497 e. The molecule has 2 heterocycles. The monoisotopic (exact) mass is 792 g/mol. The molecule has 1 fully saturated rings. The molecule has 1 saturated heterocycles. The van der Waals surface area contributed by atoms with Crippen molar-refractivity contribution < 1.29 is 47.0 Å². The van der Waals surface area contributed by atoms with Gasteiger partial charge in [-0.2, -0.15) is 0 Å². The van der Waals surface area contributed by atoms with E-state index in [-0.39, 0.29) is 62.2 Å². The van der Waals surface area contributed by atoms with Crippen LogP contribution in [0.15, 0.2) is 133 Å². The van der Waals surface area contributed by atoms with Crippen molar-refractivity contribution in [3.63, 3.8) is 0 Å². The molecule has 10 nitrogen and oxygen atoms in total. The molecule has 0 saturated carbocycles. The van der Waals surface area contributed by atoms with Gasteiger partial charge in [-0.05, 0) is 29.2 Å². The molecule has 1 aromatic heterocycles. The van der Waals surface area contributed by atoms with Crippen LogP contribution in [0.2, 0.25) is 0 Å². The first kappa shape index (κ1) is 40.7. The number of ether oxygens (including phenoxy) is 7. The fourth-order valence-corrected chi connectivity index (χ4v) is 6.80. The second-order valence-electron chi connectivity index (χ2n) is 14.0. The zero-order valence-corrected chi connectivity index (χ0v) is 32.3. The third-order valence-electron chi connectivity index (χ3n) is 9.89. The molecule has 2 N–H and O–H groups in total. The van der Waals surface area contributed by atoms with E-state index < -0.39 is 42.0 Å². The lowest BCUT2D eigenvalue weighted by Gasteiger charge is -2.49. The van der Waals surface area contributed by atoms with E-state index in [1.165, 1.54) is 7.11 Å². The Morgan fingerprint density at radius 1 is 0.672 bits per heavy atom. The summed E-state index contributed by atoms with van der Waals surface area (Å²) in [5, 5.41) is 20.0. The summed E-state index contributed by atoms with van der Waals surface area (Å²) in [6.07, 6.45) is -4.54. The summed E-state index contributed by atoms with van der Waals surface area (Å²) in [6.45, 7) is 2.21. The van der Waals surface area contributed by atoms with E-state index in [1.54, 1.807) is 6.92 Å². The third kappa shape index (κ3) is 10.1. The Balaban J connectivity index is 1.27. The number of aromatic amines is 1. The summed E-state index contributed by atoms with van der Waals surface area (Å²) >= 11 is 0. The summed E-state index contributed by atoms with van der Waals surface area (Å²) in [7, 11) is 1.33. The van der Waals surface area contributed by atoms with Crippen molar-refractivity contribution in [1.82, 2.24) is 10.2 Å². The van der Waals surface area contributed by atoms with E-state index in [0.29, 0.717) is 5.69 Å². The summed E-state index contributed by atoms with van der Waals surface area (Å²) in [4.78, 5) is 0. The number of hydrogen-bond donors (Lipinski definition) is 2. The van der Waals surface area contributed by atoms with Gasteiger partial charge in [0.15, 0.2) is 6.10 Å². The second kappa shape index (κ2) is 19.3. The Morgan fingerprint density at radius 2 is 1.16 bits per heavy atom. The van der Waals surface area contributed by atoms with Crippen LogP contribution in [0.25, 0.3) is 0 Å². The highest BCUT2D eigenvalue weighted by Gasteiger charge is 2.59. The van der Waals surface area contributed by atoms with Gasteiger partial charge in [0.25, 0.3) is 0 Å². The number of nitrogens with zero attached hydrogens (tertiary/aromatic N) is 1. The molecule has 0 aliphatic carbocycles. The molecule has 5 aromatic carbocycles. The van der Waals surface area contributed by atoms with Crippen LogP contribution in [-0.2, 0) is 56.5 Å². The predicted molar refractivity (Wildman–Crippen MR) is 211 cm³/mol. The fourth-order valence-electron chi connectivity index (χ4n) is 6.80. The zero-order valence-electron chi connectivity index (χ0n) is 32.3. The number of benzene rings is 5. The number of H-pyrrole nitrogens is 1. The largest absolute Gasteiger partial charge is 0.497 e. The number of aromatic nitrogens is 2. The van der Waals surface area contributed by atoms with Crippen LogP contribution in [-0.4, -0.2) is 59.4 Å². The normalized spacial score (nSPS) is 20.5. The molecule has 0 amide bonds. The summed E-state index contributed by atoms with van der Waals surface area (Å²) in [5.74, 6) is -4.35. The maximum atomic E-state index is 15.3. The minimum absolute atomic E-state index is 0.0288. The average Bonchev–Trinajstić information content (AvgIpc) is 3.58. The SMILES string of the molecule is COc1cc(F)c(Cc2c(O[C@]3(O)O[C@H](COCc4ccccc4)[C@@H](OCc4ccccc4)[C@H](OCc4ccccc4)[C@H]3OCc3ccccc3)n[nH]c2C)c(F)c1. The van der Waals surface area contributed by atoms with Gasteiger partial charge >= 0.3 is 5.97 Å². The smallest absolute Gasteiger partial charge is 0.356 e. The van der Waals surface area contributed by atoms with Crippen molar-refractivity contribution in [3.05, 3.63) is 184 Å². The summed E-state index contributed by atoms with van der Waals surface area (Å²) in [5.41, 5.74) is 4.01. The van der Waals surface area contributed by atoms with Gasteiger partial charge in [-0.15, -0.1) is 5.10 Å². The van der Waals surface area contributed by atoms with Crippen LogP contribution in [0, 0.1) is 18.6 Å². The molecule has 58 heavy (non-hydrogen) atoms. The fraction of sp³-hybridized carbons (Fsp3) is 0.283. The van der Waals surface area contributed by atoms with Crippen molar-refractivity contribution in [2.45, 2.75) is 70.2 Å². The molecule has 0 bridgehead atoms. The standard InChI is InChI=1S/C46H46F2N2O8/c1-31-37(25-38-39(47)23-36(52-2)24-40(38)48)45(50-49-31)58-46(51)44(56-29-35-21-13-6-14-22-35)43(55-28-34-19-11-5-12-20-34)42(54-27-33-17-9-4-10-18-33)41(57-46)30-53-26-32-15-7-3-8-16-32/h3-24,41-44,51H,25-30H2,1-2H3,(H,49,50)/t41-,42-,43+,44-,46-/m1/s1. The Morgan fingerprint density at radius 3 is 1.67 bits per heavy atom. The first-order valence-electron chi connectivity index (χ1n) is 19.0. The molecule has 12 heteroatoms. The van der Waals surface area contributed by atoms with Crippen molar-refractivity contribution >= 4 is 0 Å². The minimum atomic E-state index is -2.60. The molecule has 0 radical (unpaired) electrons. The number of aliphatic hydroxyl groups is 1.